The molecule has 0 unspecified atom stereocenters. The normalized spacial score (nSPS) is 11.3. The quantitative estimate of drug-likeness (QED) is 0.850. The van der Waals surface area contributed by atoms with Gasteiger partial charge in [-0.2, -0.15) is 0 Å². The zero-order valence-corrected chi connectivity index (χ0v) is 10.4. The van der Waals surface area contributed by atoms with E-state index in [1.165, 1.54) is 18.2 Å². The molecule has 0 atom stereocenters. The maximum Gasteiger partial charge on any atom is 0.264 e. The van der Waals surface area contributed by atoms with E-state index >= 15 is 0 Å². The van der Waals surface area contributed by atoms with Crippen molar-refractivity contribution in [3.63, 3.8) is 0 Å². The van der Waals surface area contributed by atoms with Gasteiger partial charge in [-0.05, 0) is 30.3 Å². The van der Waals surface area contributed by atoms with Gasteiger partial charge in [0, 0.05) is 0 Å². The van der Waals surface area contributed by atoms with Crippen molar-refractivity contribution in [2.24, 2.45) is 0 Å². The third-order valence-corrected chi connectivity index (χ3v) is 3.78. The summed E-state index contributed by atoms with van der Waals surface area (Å²) in [7, 11) is -4.11. The molecule has 2 aromatic carbocycles. The maximum atomic E-state index is 13.4. The number of rotatable bonds is 3. The van der Waals surface area contributed by atoms with E-state index in [2.05, 4.69) is 4.72 Å². The number of halogens is 2. The molecular weight excluding hydrogens is 274 g/mol. The second kappa shape index (κ2) is 4.85. The Bertz CT molecular complexity index is 717. The highest BCUT2D eigenvalue weighted by Gasteiger charge is 2.19. The van der Waals surface area contributed by atoms with Crippen LogP contribution in [0.3, 0.4) is 0 Å². The minimum absolute atomic E-state index is 0.00958. The lowest BCUT2D eigenvalue weighted by Gasteiger charge is -2.10. The Morgan fingerprint density at radius 1 is 1.05 bits per heavy atom. The standard InChI is InChI=1S/C12H10F2N2O2S/c13-8-5-6-11(10(15)7-8)16-19(17,18)12-4-2-1-3-9(12)14/h1-7,16H,15H2. The molecule has 0 amide bonds. The van der Waals surface area contributed by atoms with E-state index < -0.39 is 26.6 Å². The number of hydrogen-bond donors (Lipinski definition) is 2. The summed E-state index contributed by atoms with van der Waals surface area (Å²) in [6.07, 6.45) is 0. The molecule has 0 heterocycles. The van der Waals surface area contributed by atoms with Gasteiger partial charge in [0.2, 0.25) is 0 Å². The molecule has 3 N–H and O–H groups in total. The van der Waals surface area contributed by atoms with E-state index in [4.69, 9.17) is 5.73 Å². The van der Waals surface area contributed by atoms with Crippen molar-refractivity contribution >= 4 is 21.4 Å². The smallest absolute Gasteiger partial charge is 0.264 e. The second-order valence-corrected chi connectivity index (χ2v) is 5.42. The van der Waals surface area contributed by atoms with Crippen LogP contribution in [0.25, 0.3) is 0 Å². The van der Waals surface area contributed by atoms with E-state index in [9.17, 15) is 17.2 Å². The van der Waals surface area contributed by atoms with Crippen LogP contribution in [0.1, 0.15) is 0 Å². The van der Waals surface area contributed by atoms with Crippen LogP contribution in [0.5, 0.6) is 0 Å². The van der Waals surface area contributed by atoms with Gasteiger partial charge in [0.15, 0.2) is 0 Å². The van der Waals surface area contributed by atoms with Crippen molar-refractivity contribution in [2.45, 2.75) is 4.90 Å². The number of sulfonamides is 1. The molecule has 0 aliphatic heterocycles. The molecule has 2 aromatic rings. The molecule has 19 heavy (non-hydrogen) atoms. The molecule has 0 aliphatic rings. The Labute approximate surface area is 108 Å². The van der Waals surface area contributed by atoms with Crippen molar-refractivity contribution in [3.8, 4) is 0 Å². The molecule has 0 aromatic heterocycles. The monoisotopic (exact) mass is 284 g/mol. The highest BCUT2D eigenvalue weighted by molar-refractivity contribution is 7.92. The van der Waals surface area contributed by atoms with Gasteiger partial charge in [-0.1, -0.05) is 12.1 Å². The Hall–Kier alpha value is -2.15. The van der Waals surface area contributed by atoms with Crippen LogP contribution in [0, 0.1) is 11.6 Å². The van der Waals surface area contributed by atoms with E-state index in [-0.39, 0.29) is 11.4 Å². The molecule has 0 spiro atoms. The molecule has 0 bridgehead atoms. The summed E-state index contributed by atoms with van der Waals surface area (Å²) >= 11 is 0. The van der Waals surface area contributed by atoms with Gasteiger partial charge < -0.3 is 5.73 Å². The van der Waals surface area contributed by atoms with E-state index in [0.29, 0.717) is 0 Å². The number of anilines is 2. The third-order valence-electron chi connectivity index (χ3n) is 2.38. The van der Waals surface area contributed by atoms with Crippen molar-refractivity contribution in [2.75, 3.05) is 10.5 Å². The van der Waals surface area contributed by atoms with E-state index in [1.54, 1.807) is 0 Å². The molecule has 0 saturated carbocycles. The molecule has 0 aliphatic carbocycles. The second-order valence-electron chi connectivity index (χ2n) is 3.77. The van der Waals surface area contributed by atoms with Crippen molar-refractivity contribution in [1.82, 2.24) is 0 Å². The van der Waals surface area contributed by atoms with Crippen LogP contribution in [-0.4, -0.2) is 8.42 Å². The summed E-state index contributed by atoms with van der Waals surface area (Å²) in [4.78, 5) is -0.501. The van der Waals surface area contributed by atoms with Crippen molar-refractivity contribution in [1.29, 1.82) is 0 Å². The van der Waals surface area contributed by atoms with Gasteiger partial charge in [-0.25, -0.2) is 17.2 Å². The maximum absolute atomic E-state index is 13.4. The lowest BCUT2D eigenvalue weighted by Crippen LogP contribution is -2.15. The first kappa shape index (κ1) is 13.3. The largest absolute Gasteiger partial charge is 0.397 e. The van der Waals surface area contributed by atoms with Gasteiger partial charge in [0.1, 0.15) is 16.5 Å². The molecule has 2 rings (SSSR count). The highest BCUT2D eigenvalue weighted by Crippen LogP contribution is 2.23. The fourth-order valence-corrected chi connectivity index (χ4v) is 2.66. The van der Waals surface area contributed by atoms with Gasteiger partial charge in [-0.3, -0.25) is 4.72 Å². The Morgan fingerprint density at radius 3 is 2.37 bits per heavy atom. The zero-order chi connectivity index (χ0) is 14.0. The van der Waals surface area contributed by atoms with Crippen LogP contribution in [0.2, 0.25) is 0 Å². The SMILES string of the molecule is Nc1cc(F)ccc1NS(=O)(=O)c1ccccc1F. The minimum atomic E-state index is -4.11. The molecule has 4 nitrogen and oxygen atoms in total. The molecule has 0 fully saturated rings. The summed E-state index contributed by atoms with van der Waals surface area (Å²) in [6.45, 7) is 0. The Morgan fingerprint density at radius 2 is 1.74 bits per heavy atom. The zero-order valence-electron chi connectivity index (χ0n) is 9.60. The molecule has 0 saturated heterocycles. The van der Waals surface area contributed by atoms with Crippen molar-refractivity contribution in [3.05, 3.63) is 54.1 Å². The summed E-state index contributed by atoms with van der Waals surface area (Å²) in [6, 6.07) is 8.12. The van der Waals surface area contributed by atoms with E-state index in [0.717, 1.165) is 24.3 Å². The Kier molecular flexibility index (Phi) is 3.39. The lowest BCUT2D eigenvalue weighted by molar-refractivity contribution is 0.570. The first-order valence-electron chi connectivity index (χ1n) is 5.22. The predicted octanol–water partition coefficient (Wildman–Crippen LogP) is 2.35. The van der Waals surface area contributed by atoms with Gasteiger partial charge in [0.05, 0.1) is 11.4 Å². The molecule has 100 valence electrons. The summed E-state index contributed by atoms with van der Waals surface area (Å²) in [5.41, 5.74) is 5.39. The number of benzene rings is 2. The van der Waals surface area contributed by atoms with Gasteiger partial charge in [0.25, 0.3) is 10.0 Å². The summed E-state index contributed by atoms with van der Waals surface area (Å²) < 4.78 is 52.3. The molecule has 0 radical (unpaired) electrons. The summed E-state index contributed by atoms with van der Waals surface area (Å²) in [5.74, 6) is -1.47. The third kappa shape index (κ3) is 2.82. The average molecular weight is 284 g/mol. The number of nitrogens with one attached hydrogen (secondary N) is 1. The van der Waals surface area contributed by atoms with Gasteiger partial charge >= 0.3 is 0 Å². The summed E-state index contributed by atoms with van der Waals surface area (Å²) in [5, 5.41) is 0. The van der Waals surface area contributed by atoms with Crippen LogP contribution >= 0.6 is 0 Å². The van der Waals surface area contributed by atoms with Crippen LogP contribution in [0.15, 0.2) is 47.4 Å². The predicted molar refractivity (Wildman–Crippen MR) is 68.0 cm³/mol. The average Bonchev–Trinajstić information content (AvgIpc) is 2.33. The number of nitrogen functional groups attached to an aromatic ring is 1. The molecular formula is C12H10F2N2O2S. The Balaban J connectivity index is 2.40. The fraction of sp³-hybridized carbons (Fsp3) is 0. The lowest BCUT2D eigenvalue weighted by atomic mass is 10.3. The van der Waals surface area contributed by atoms with Crippen molar-refractivity contribution < 1.29 is 17.2 Å². The fourth-order valence-electron chi connectivity index (χ4n) is 1.49. The van der Waals surface area contributed by atoms with Gasteiger partial charge in [-0.15, -0.1) is 0 Å². The highest BCUT2D eigenvalue weighted by atomic mass is 32.2. The molecule has 7 heteroatoms. The first-order valence-corrected chi connectivity index (χ1v) is 6.71. The topological polar surface area (TPSA) is 72.2 Å². The number of nitrogens with two attached hydrogens (primary N) is 1. The minimum Gasteiger partial charge on any atom is -0.397 e. The van der Waals surface area contributed by atoms with Crippen LogP contribution in [0.4, 0.5) is 20.2 Å². The number of hydrogen-bond acceptors (Lipinski definition) is 3. The van der Waals surface area contributed by atoms with Crippen LogP contribution < -0.4 is 10.5 Å². The van der Waals surface area contributed by atoms with E-state index in [1.807, 2.05) is 0 Å². The van der Waals surface area contributed by atoms with Crippen LogP contribution in [-0.2, 0) is 10.0 Å². The first-order chi connectivity index (χ1) is 8.90.